The number of hydrogen-bond donors (Lipinski definition) is 1. The third kappa shape index (κ3) is 2.32. The summed E-state index contributed by atoms with van der Waals surface area (Å²) in [6.45, 7) is 0.887. The normalized spacial score (nSPS) is 29.6. The maximum atomic E-state index is 12.0. The van der Waals surface area contributed by atoms with Gasteiger partial charge < -0.3 is 5.32 Å². The van der Waals surface area contributed by atoms with E-state index in [0.717, 1.165) is 0 Å². The van der Waals surface area contributed by atoms with Gasteiger partial charge in [-0.2, -0.15) is 0 Å². The summed E-state index contributed by atoms with van der Waals surface area (Å²) in [6, 6.07) is 0. The first-order valence-electron chi connectivity index (χ1n) is 3.20. The summed E-state index contributed by atoms with van der Waals surface area (Å²) in [5.41, 5.74) is 0. The second-order valence-corrected chi connectivity index (χ2v) is 2.43. The van der Waals surface area contributed by atoms with Gasteiger partial charge in [-0.15, -0.1) is 24.8 Å². The van der Waals surface area contributed by atoms with Crippen molar-refractivity contribution in [2.24, 2.45) is 11.8 Å². The van der Waals surface area contributed by atoms with E-state index in [1.165, 1.54) is 0 Å². The lowest BCUT2D eigenvalue weighted by Crippen LogP contribution is -2.19. The Morgan fingerprint density at radius 3 is 2.45 bits per heavy atom. The summed E-state index contributed by atoms with van der Waals surface area (Å²) in [4.78, 5) is 0. The van der Waals surface area contributed by atoms with E-state index in [4.69, 9.17) is 6.42 Å². The standard InChI is InChI=1S/C7H9F2N.ClH/c1-2-5-3-10-4-6(5)7(8)9;/h1,5-7,10H,3-4H2;1H/t5-,6-;/m1./s1. The molecule has 0 radical (unpaired) electrons. The fourth-order valence-corrected chi connectivity index (χ4v) is 1.15. The highest BCUT2D eigenvalue weighted by Crippen LogP contribution is 2.22. The molecule has 64 valence electrons. The van der Waals surface area contributed by atoms with Gasteiger partial charge in [0.15, 0.2) is 0 Å². The first kappa shape index (κ1) is 10.7. The smallest absolute Gasteiger partial charge is 0.243 e. The monoisotopic (exact) mass is 181 g/mol. The summed E-state index contributed by atoms with van der Waals surface area (Å²) in [5, 5.41) is 2.83. The molecule has 0 bridgehead atoms. The first-order valence-corrected chi connectivity index (χ1v) is 3.20. The molecule has 11 heavy (non-hydrogen) atoms. The van der Waals surface area contributed by atoms with Gasteiger partial charge >= 0.3 is 0 Å². The Labute approximate surface area is 71.0 Å². The highest BCUT2D eigenvalue weighted by atomic mass is 35.5. The van der Waals surface area contributed by atoms with Gasteiger partial charge in [0.05, 0.1) is 0 Å². The molecule has 0 spiro atoms. The molecule has 1 aliphatic rings. The average molecular weight is 182 g/mol. The largest absolute Gasteiger partial charge is 0.315 e. The minimum Gasteiger partial charge on any atom is -0.315 e. The Hall–Kier alpha value is -0.330. The topological polar surface area (TPSA) is 12.0 Å². The number of hydrogen-bond acceptors (Lipinski definition) is 1. The van der Waals surface area contributed by atoms with E-state index in [-0.39, 0.29) is 18.3 Å². The SMILES string of the molecule is C#C[C@@H]1CNC[C@H]1C(F)F.Cl. The number of rotatable bonds is 1. The Morgan fingerprint density at radius 1 is 1.45 bits per heavy atom. The molecule has 1 saturated heterocycles. The Morgan fingerprint density at radius 2 is 2.09 bits per heavy atom. The van der Waals surface area contributed by atoms with Gasteiger partial charge in [-0.25, -0.2) is 8.78 Å². The van der Waals surface area contributed by atoms with Crippen LogP contribution in [0.3, 0.4) is 0 Å². The Bertz CT molecular complexity index is 155. The van der Waals surface area contributed by atoms with Gasteiger partial charge in [-0.1, -0.05) is 0 Å². The summed E-state index contributed by atoms with van der Waals surface area (Å²) in [5.74, 6) is 1.44. The van der Waals surface area contributed by atoms with Crippen LogP contribution in [0, 0.1) is 24.2 Å². The lowest BCUT2D eigenvalue weighted by atomic mass is 9.98. The Balaban J connectivity index is 0.000001000. The van der Waals surface area contributed by atoms with Crippen LogP contribution >= 0.6 is 12.4 Å². The zero-order valence-corrected chi connectivity index (χ0v) is 6.70. The van der Waals surface area contributed by atoms with Crippen molar-refractivity contribution >= 4 is 12.4 Å². The molecule has 0 saturated carbocycles. The third-order valence-electron chi connectivity index (χ3n) is 1.80. The predicted molar refractivity (Wildman–Crippen MR) is 41.9 cm³/mol. The predicted octanol–water partition coefficient (Wildman–Crippen LogP) is 1.14. The molecule has 4 heteroatoms. The van der Waals surface area contributed by atoms with Crippen LogP contribution in [0.2, 0.25) is 0 Å². The lowest BCUT2D eigenvalue weighted by Gasteiger charge is -2.10. The highest BCUT2D eigenvalue weighted by molar-refractivity contribution is 5.85. The van der Waals surface area contributed by atoms with Crippen LogP contribution in [0.25, 0.3) is 0 Å². The molecule has 1 heterocycles. The van der Waals surface area contributed by atoms with Crippen molar-refractivity contribution in [2.75, 3.05) is 13.1 Å². The van der Waals surface area contributed by atoms with Crippen LogP contribution in [0.1, 0.15) is 0 Å². The molecule has 1 rings (SSSR count). The Kier molecular flexibility index (Phi) is 4.39. The van der Waals surface area contributed by atoms with Crippen molar-refractivity contribution in [3.8, 4) is 12.3 Å². The second kappa shape index (κ2) is 4.53. The molecule has 1 nitrogen and oxygen atoms in total. The van der Waals surface area contributed by atoms with Crippen molar-refractivity contribution < 1.29 is 8.78 Å². The second-order valence-electron chi connectivity index (χ2n) is 2.43. The van der Waals surface area contributed by atoms with Crippen LogP contribution in [-0.4, -0.2) is 19.5 Å². The number of nitrogens with one attached hydrogen (secondary N) is 1. The molecule has 0 aliphatic carbocycles. The highest BCUT2D eigenvalue weighted by Gasteiger charge is 2.32. The fourth-order valence-electron chi connectivity index (χ4n) is 1.15. The van der Waals surface area contributed by atoms with E-state index < -0.39 is 12.3 Å². The van der Waals surface area contributed by atoms with Crippen LogP contribution in [0.4, 0.5) is 8.78 Å². The van der Waals surface area contributed by atoms with Gasteiger partial charge in [0, 0.05) is 24.9 Å². The number of halogens is 3. The molecule has 2 atom stereocenters. The molecule has 0 amide bonds. The molecule has 0 unspecified atom stereocenters. The summed E-state index contributed by atoms with van der Waals surface area (Å²) >= 11 is 0. The van der Waals surface area contributed by atoms with Crippen LogP contribution in [0.15, 0.2) is 0 Å². The summed E-state index contributed by atoms with van der Waals surface area (Å²) in [6.07, 6.45) is 2.76. The first-order chi connectivity index (χ1) is 4.75. The van der Waals surface area contributed by atoms with E-state index >= 15 is 0 Å². The number of alkyl halides is 2. The molecule has 1 N–H and O–H groups in total. The van der Waals surface area contributed by atoms with Gasteiger partial charge in [0.2, 0.25) is 6.43 Å². The van der Waals surface area contributed by atoms with Crippen molar-refractivity contribution in [3.05, 3.63) is 0 Å². The van der Waals surface area contributed by atoms with Crippen LogP contribution in [-0.2, 0) is 0 Å². The van der Waals surface area contributed by atoms with Gasteiger partial charge in [0.1, 0.15) is 0 Å². The zero-order chi connectivity index (χ0) is 7.56. The molecule has 0 aromatic heterocycles. The van der Waals surface area contributed by atoms with E-state index in [1.807, 2.05) is 0 Å². The van der Waals surface area contributed by atoms with E-state index in [1.54, 1.807) is 0 Å². The summed E-state index contributed by atoms with van der Waals surface area (Å²) < 4.78 is 24.1. The van der Waals surface area contributed by atoms with Crippen LogP contribution in [0.5, 0.6) is 0 Å². The maximum Gasteiger partial charge on any atom is 0.243 e. The summed E-state index contributed by atoms with van der Waals surface area (Å²) in [7, 11) is 0. The molecule has 0 aromatic rings. The minimum absolute atomic E-state index is 0. The maximum absolute atomic E-state index is 12.0. The third-order valence-corrected chi connectivity index (χ3v) is 1.80. The van der Waals surface area contributed by atoms with E-state index in [2.05, 4.69) is 11.2 Å². The van der Waals surface area contributed by atoms with Crippen molar-refractivity contribution in [2.45, 2.75) is 6.43 Å². The molecule has 1 fully saturated rings. The molecular weight excluding hydrogens is 172 g/mol. The molecular formula is C7H10ClF2N. The lowest BCUT2D eigenvalue weighted by molar-refractivity contribution is 0.0753. The number of terminal acetylenes is 1. The average Bonchev–Trinajstić information content (AvgIpc) is 2.33. The van der Waals surface area contributed by atoms with Crippen molar-refractivity contribution in [3.63, 3.8) is 0 Å². The van der Waals surface area contributed by atoms with Gasteiger partial charge in [0.25, 0.3) is 0 Å². The van der Waals surface area contributed by atoms with Crippen LogP contribution < -0.4 is 5.32 Å². The zero-order valence-electron chi connectivity index (χ0n) is 5.89. The fraction of sp³-hybridized carbons (Fsp3) is 0.714. The van der Waals surface area contributed by atoms with E-state index in [0.29, 0.717) is 13.1 Å². The van der Waals surface area contributed by atoms with Crippen molar-refractivity contribution in [1.82, 2.24) is 5.32 Å². The quantitative estimate of drug-likeness (QED) is 0.599. The minimum atomic E-state index is -2.28. The van der Waals surface area contributed by atoms with Gasteiger partial charge in [-0.3, -0.25) is 0 Å². The van der Waals surface area contributed by atoms with Crippen molar-refractivity contribution in [1.29, 1.82) is 0 Å². The molecule has 0 aromatic carbocycles. The van der Waals surface area contributed by atoms with Gasteiger partial charge in [-0.05, 0) is 0 Å². The molecule has 1 aliphatic heterocycles. The van der Waals surface area contributed by atoms with E-state index in [9.17, 15) is 8.78 Å².